The number of nitrogens with zero attached hydrogens (tertiary/aromatic N) is 2. The first-order valence-electron chi connectivity index (χ1n) is 6.97. The highest BCUT2D eigenvalue weighted by Gasteiger charge is 2.19. The third-order valence-electron chi connectivity index (χ3n) is 3.31. The van der Waals surface area contributed by atoms with Crippen molar-refractivity contribution < 1.29 is 19.5 Å². The lowest BCUT2D eigenvalue weighted by atomic mass is 10.2. The Morgan fingerprint density at radius 2 is 2.04 bits per heavy atom. The SMILES string of the molecule is O=[N+]([O-])c1ccc([O-])c(C=NC[C@@H]2COc3ccccc3O2)c1. The molecule has 0 saturated carbocycles. The highest BCUT2D eigenvalue weighted by atomic mass is 16.6. The Hall–Kier alpha value is -3.09. The van der Waals surface area contributed by atoms with E-state index in [1.807, 2.05) is 24.3 Å². The molecule has 0 radical (unpaired) electrons. The summed E-state index contributed by atoms with van der Waals surface area (Å²) in [6, 6.07) is 10.9. The number of hydrogen-bond donors (Lipinski definition) is 0. The summed E-state index contributed by atoms with van der Waals surface area (Å²) in [7, 11) is 0. The first kappa shape index (κ1) is 14.8. The smallest absolute Gasteiger partial charge is 0.270 e. The molecule has 118 valence electrons. The molecule has 1 aliphatic heterocycles. The third-order valence-corrected chi connectivity index (χ3v) is 3.31. The molecule has 1 atom stereocenters. The monoisotopic (exact) mass is 313 g/mol. The maximum atomic E-state index is 11.7. The second kappa shape index (κ2) is 6.35. The normalized spacial score (nSPS) is 16.4. The van der Waals surface area contributed by atoms with Crippen LogP contribution in [0.5, 0.6) is 17.2 Å². The zero-order valence-electron chi connectivity index (χ0n) is 12.0. The lowest BCUT2D eigenvalue weighted by molar-refractivity contribution is -0.385. The molecular weight excluding hydrogens is 300 g/mol. The molecule has 0 amide bonds. The number of fused-ring (bicyclic) bond motifs is 1. The highest BCUT2D eigenvalue weighted by molar-refractivity contribution is 5.84. The third kappa shape index (κ3) is 3.39. The lowest BCUT2D eigenvalue weighted by Gasteiger charge is -2.25. The number of hydrogen-bond acceptors (Lipinski definition) is 6. The van der Waals surface area contributed by atoms with Crippen molar-refractivity contribution in [3.05, 3.63) is 58.1 Å². The van der Waals surface area contributed by atoms with Gasteiger partial charge >= 0.3 is 0 Å². The Morgan fingerprint density at radius 1 is 1.26 bits per heavy atom. The van der Waals surface area contributed by atoms with Crippen molar-refractivity contribution in [1.29, 1.82) is 0 Å². The molecule has 3 rings (SSSR count). The van der Waals surface area contributed by atoms with E-state index in [9.17, 15) is 15.2 Å². The van der Waals surface area contributed by atoms with Gasteiger partial charge in [0.2, 0.25) is 0 Å². The molecular formula is C16H13N2O5-. The largest absolute Gasteiger partial charge is 0.872 e. The van der Waals surface area contributed by atoms with E-state index in [1.54, 1.807) is 0 Å². The van der Waals surface area contributed by atoms with Crippen LogP contribution >= 0.6 is 0 Å². The predicted octanol–water partition coefficient (Wildman–Crippen LogP) is 1.93. The molecule has 0 fully saturated rings. The second-order valence-electron chi connectivity index (χ2n) is 4.97. The highest BCUT2D eigenvalue weighted by Crippen LogP contribution is 2.30. The molecule has 7 heteroatoms. The van der Waals surface area contributed by atoms with Crippen LogP contribution in [0.2, 0.25) is 0 Å². The van der Waals surface area contributed by atoms with Crippen molar-refractivity contribution in [2.45, 2.75) is 6.10 Å². The summed E-state index contributed by atoms with van der Waals surface area (Å²) in [5.74, 6) is 1.03. The molecule has 0 N–H and O–H groups in total. The zero-order valence-corrected chi connectivity index (χ0v) is 12.0. The Morgan fingerprint density at radius 3 is 2.83 bits per heavy atom. The summed E-state index contributed by atoms with van der Waals surface area (Å²) in [6.07, 6.45) is 1.06. The first-order valence-corrected chi connectivity index (χ1v) is 6.97. The van der Waals surface area contributed by atoms with E-state index < -0.39 is 4.92 Å². The van der Waals surface area contributed by atoms with Gasteiger partial charge in [-0.1, -0.05) is 23.9 Å². The first-order chi connectivity index (χ1) is 11.1. The number of non-ortho nitro benzene ring substituents is 1. The van der Waals surface area contributed by atoms with E-state index in [0.717, 1.165) is 6.07 Å². The van der Waals surface area contributed by atoms with Gasteiger partial charge in [-0.25, -0.2) is 0 Å². The average molecular weight is 313 g/mol. The van der Waals surface area contributed by atoms with E-state index in [2.05, 4.69) is 4.99 Å². The molecule has 7 nitrogen and oxygen atoms in total. The Kier molecular flexibility index (Phi) is 4.09. The molecule has 1 aliphatic rings. The van der Waals surface area contributed by atoms with Gasteiger partial charge in [0.05, 0.1) is 11.5 Å². The molecule has 2 aromatic rings. The quantitative estimate of drug-likeness (QED) is 0.488. The van der Waals surface area contributed by atoms with Gasteiger partial charge in [0.15, 0.2) is 17.6 Å². The summed E-state index contributed by atoms with van der Waals surface area (Å²) in [5.41, 5.74) is 0.0357. The Labute approximate surface area is 132 Å². The fourth-order valence-electron chi connectivity index (χ4n) is 2.17. The standard InChI is InChI=1S/C16H14N2O5/c19-14-6-5-12(18(20)21)7-11(14)8-17-9-13-10-22-15-3-1-2-4-16(15)23-13/h1-8,13,19H,9-10H2/p-1/t13-/m1/s1. The number of nitro benzene ring substituents is 1. The van der Waals surface area contributed by atoms with Crippen LogP contribution in [0.3, 0.4) is 0 Å². The van der Waals surface area contributed by atoms with Crippen molar-refractivity contribution in [2.75, 3.05) is 13.2 Å². The van der Waals surface area contributed by atoms with Gasteiger partial charge in [-0.2, -0.15) is 0 Å². The van der Waals surface area contributed by atoms with Gasteiger partial charge < -0.3 is 14.6 Å². The van der Waals surface area contributed by atoms with Gasteiger partial charge in [0.1, 0.15) is 6.61 Å². The van der Waals surface area contributed by atoms with Gasteiger partial charge in [0.25, 0.3) is 5.69 Å². The molecule has 0 unspecified atom stereocenters. The van der Waals surface area contributed by atoms with Gasteiger partial charge in [-0.05, 0) is 17.7 Å². The molecule has 0 spiro atoms. The number of benzene rings is 2. The van der Waals surface area contributed by atoms with Crippen LogP contribution in [0.1, 0.15) is 5.56 Å². The van der Waals surface area contributed by atoms with E-state index in [-0.39, 0.29) is 29.6 Å². The fourth-order valence-corrected chi connectivity index (χ4v) is 2.17. The van der Waals surface area contributed by atoms with Crippen molar-refractivity contribution >= 4 is 11.9 Å². The molecule has 0 saturated heterocycles. The topological polar surface area (TPSA) is 97.0 Å². The molecule has 23 heavy (non-hydrogen) atoms. The van der Waals surface area contributed by atoms with Crippen molar-refractivity contribution in [3.8, 4) is 17.2 Å². The van der Waals surface area contributed by atoms with E-state index >= 15 is 0 Å². The number of para-hydroxylation sites is 2. The Bertz CT molecular complexity index is 760. The number of ether oxygens (including phenoxy) is 2. The number of aliphatic imine (C=N–C) groups is 1. The van der Waals surface area contributed by atoms with Crippen LogP contribution in [0.4, 0.5) is 5.69 Å². The van der Waals surface area contributed by atoms with Crippen molar-refractivity contribution in [1.82, 2.24) is 0 Å². The summed E-state index contributed by atoms with van der Waals surface area (Å²) >= 11 is 0. The minimum absolute atomic E-state index is 0.141. The lowest BCUT2D eigenvalue weighted by Crippen LogP contribution is -2.31. The fraction of sp³-hybridized carbons (Fsp3) is 0.188. The van der Waals surface area contributed by atoms with Crippen LogP contribution < -0.4 is 14.6 Å². The van der Waals surface area contributed by atoms with Crippen molar-refractivity contribution in [3.63, 3.8) is 0 Å². The molecule has 0 aromatic heterocycles. The van der Waals surface area contributed by atoms with Crippen LogP contribution in [-0.2, 0) is 0 Å². The van der Waals surface area contributed by atoms with Crippen LogP contribution in [0.15, 0.2) is 47.5 Å². The average Bonchev–Trinajstić information content (AvgIpc) is 2.56. The minimum atomic E-state index is -0.550. The van der Waals surface area contributed by atoms with E-state index in [1.165, 1.54) is 18.3 Å². The maximum Gasteiger partial charge on any atom is 0.270 e. The second-order valence-corrected chi connectivity index (χ2v) is 4.97. The number of rotatable bonds is 4. The molecule has 0 aliphatic carbocycles. The number of nitro groups is 1. The molecule has 0 bridgehead atoms. The molecule has 1 heterocycles. The Balaban J connectivity index is 1.66. The minimum Gasteiger partial charge on any atom is -0.872 e. The van der Waals surface area contributed by atoms with E-state index in [4.69, 9.17) is 9.47 Å². The van der Waals surface area contributed by atoms with Crippen LogP contribution in [0, 0.1) is 10.1 Å². The maximum absolute atomic E-state index is 11.7. The van der Waals surface area contributed by atoms with Gasteiger partial charge in [-0.3, -0.25) is 15.1 Å². The zero-order chi connectivity index (χ0) is 16.2. The van der Waals surface area contributed by atoms with Crippen LogP contribution in [0.25, 0.3) is 0 Å². The summed E-state index contributed by atoms with van der Waals surface area (Å²) in [6.45, 7) is 0.643. The van der Waals surface area contributed by atoms with Gasteiger partial charge in [0, 0.05) is 18.3 Å². The summed E-state index contributed by atoms with van der Waals surface area (Å²) in [4.78, 5) is 14.3. The summed E-state index contributed by atoms with van der Waals surface area (Å²) < 4.78 is 11.3. The van der Waals surface area contributed by atoms with Crippen LogP contribution in [-0.4, -0.2) is 30.4 Å². The van der Waals surface area contributed by atoms with Gasteiger partial charge in [-0.15, -0.1) is 0 Å². The summed E-state index contributed by atoms with van der Waals surface area (Å²) in [5, 5.41) is 22.4. The molecule has 2 aromatic carbocycles. The van der Waals surface area contributed by atoms with E-state index in [0.29, 0.717) is 18.1 Å². The predicted molar refractivity (Wildman–Crippen MR) is 81.4 cm³/mol. The van der Waals surface area contributed by atoms with Crippen molar-refractivity contribution in [2.24, 2.45) is 4.99 Å².